The summed E-state index contributed by atoms with van der Waals surface area (Å²) in [4.78, 5) is 31.5. The van der Waals surface area contributed by atoms with Gasteiger partial charge in [0.2, 0.25) is 11.8 Å². The molecule has 0 aromatic heterocycles. The van der Waals surface area contributed by atoms with Crippen molar-refractivity contribution in [3.8, 4) is 11.5 Å². The molecule has 0 radical (unpaired) electrons. The zero-order valence-corrected chi connectivity index (χ0v) is 18.8. The Morgan fingerprint density at radius 2 is 1.77 bits per heavy atom. The van der Waals surface area contributed by atoms with E-state index in [4.69, 9.17) is 9.47 Å². The molecule has 1 aliphatic heterocycles. The van der Waals surface area contributed by atoms with Gasteiger partial charge in [0, 0.05) is 18.7 Å². The van der Waals surface area contributed by atoms with Crippen LogP contribution in [-0.4, -0.2) is 47.4 Å². The van der Waals surface area contributed by atoms with Gasteiger partial charge in [0.15, 0.2) is 5.17 Å². The molecular weight excluding hydrogens is 414 g/mol. The molecule has 1 atom stereocenters. The molecule has 2 amide bonds. The third-order valence-corrected chi connectivity index (χ3v) is 5.79. The second kappa shape index (κ2) is 10.9. The van der Waals surface area contributed by atoms with Crippen LogP contribution in [0.1, 0.15) is 26.7 Å². The molecule has 1 aliphatic rings. The minimum Gasteiger partial charge on any atom is -0.497 e. The largest absolute Gasteiger partial charge is 0.497 e. The summed E-state index contributed by atoms with van der Waals surface area (Å²) in [7, 11) is 1.61. The lowest BCUT2D eigenvalue weighted by Gasteiger charge is -2.13. The number of hydrogen-bond acceptors (Lipinski definition) is 6. The number of nitrogens with one attached hydrogen (secondary N) is 1. The predicted molar refractivity (Wildman–Crippen MR) is 124 cm³/mol. The van der Waals surface area contributed by atoms with E-state index < -0.39 is 5.25 Å². The smallest absolute Gasteiger partial charge is 0.242 e. The Morgan fingerprint density at radius 1 is 1.10 bits per heavy atom. The zero-order valence-electron chi connectivity index (χ0n) is 18.0. The number of anilines is 1. The van der Waals surface area contributed by atoms with Crippen molar-refractivity contribution in [3.63, 3.8) is 0 Å². The summed E-state index contributed by atoms with van der Waals surface area (Å²) >= 11 is 1.32. The van der Waals surface area contributed by atoms with Crippen LogP contribution < -0.4 is 14.8 Å². The topological polar surface area (TPSA) is 80.2 Å². The molecule has 0 saturated carbocycles. The van der Waals surface area contributed by atoms with Crippen LogP contribution in [-0.2, 0) is 9.59 Å². The van der Waals surface area contributed by atoms with E-state index in [0.717, 1.165) is 23.6 Å². The Labute approximate surface area is 186 Å². The molecule has 0 spiro atoms. The van der Waals surface area contributed by atoms with Gasteiger partial charge in [-0.15, -0.1) is 0 Å². The van der Waals surface area contributed by atoms with Crippen molar-refractivity contribution in [3.05, 3.63) is 48.5 Å². The van der Waals surface area contributed by atoms with Gasteiger partial charge in [0.05, 0.1) is 19.4 Å². The number of carbonyl (C=O) groups is 2. The Balaban J connectivity index is 1.62. The maximum atomic E-state index is 12.8. The van der Waals surface area contributed by atoms with Gasteiger partial charge in [-0.25, -0.2) is 4.99 Å². The Bertz CT molecular complexity index is 929. The van der Waals surface area contributed by atoms with E-state index in [1.54, 1.807) is 24.1 Å². The summed E-state index contributed by atoms with van der Waals surface area (Å²) in [5.41, 5.74) is 1.40. The second-order valence-electron chi connectivity index (χ2n) is 6.91. The Kier molecular flexibility index (Phi) is 7.94. The normalized spacial score (nSPS) is 17.1. The maximum absolute atomic E-state index is 12.8. The lowest BCUT2D eigenvalue weighted by atomic mass is 10.2. The van der Waals surface area contributed by atoms with Crippen molar-refractivity contribution in [2.75, 3.05) is 25.6 Å². The highest BCUT2D eigenvalue weighted by Crippen LogP contribution is 2.32. The summed E-state index contributed by atoms with van der Waals surface area (Å²) in [6.45, 7) is 5.09. The van der Waals surface area contributed by atoms with Gasteiger partial charge in [-0.3, -0.25) is 14.5 Å². The van der Waals surface area contributed by atoms with Crippen LogP contribution in [0.2, 0.25) is 0 Å². The van der Waals surface area contributed by atoms with Crippen LogP contribution in [0.25, 0.3) is 0 Å². The quantitative estimate of drug-likeness (QED) is 0.621. The number of nitrogens with zero attached hydrogens (tertiary/aromatic N) is 2. The van der Waals surface area contributed by atoms with Crippen LogP contribution >= 0.6 is 11.8 Å². The fourth-order valence-electron chi connectivity index (χ4n) is 3.02. The van der Waals surface area contributed by atoms with Crippen LogP contribution in [0.3, 0.4) is 0 Å². The first-order chi connectivity index (χ1) is 15.0. The molecule has 1 fully saturated rings. The summed E-state index contributed by atoms with van der Waals surface area (Å²) in [5, 5.41) is 2.96. The van der Waals surface area contributed by atoms with E-state index in [2.05, 4.69) is 10.3 Å². The van der Waals surface area contributed by atoms with Crippen LogP contribution in [0, 0.1) is 0 Å². The zero-order chi connectivity index (χ0) is 22.2. The molecule has 2 aromatic carbocycles. The van der Waals surface area contributed by atoms with Crippen LogP contribution in [0.4, 0.5) is 11.4 Å². The molecule has 1 unspecified atom stereocenters. The minimum atomic E-state index is -0.496. The van der Waals surface area contributed by atoms with E-state index in [9.17, 15) is 9.59 Å². The maximum Gasteiger partial charge on any atom is 0.242 e. The van der Waals surface area contributed by atoms with Crippen molar-refractivity contribution >= 4 is 40.1 Å². The molecular formula is C23H27N3O4S. The molecule has 0 aliphatic carbocycles. The van der Waals surface area contributed by atoms with Crippen LogP contribution in [0.15, 0.2) is 53.5 Å². The third kappa shape index (κ3) is 6.01. The van der Waals surface area contributed by atoms with Crippen molar-refractivity contribution in [2.45, 2.75) is 31.9 Å². The Morgan fingerprint density at radius 3 is 2.39 bits per heavy atom. The fourth-order valence-corrected chi connectivity index (χ4v) is 4.24. The SMILES string of the molecule is CCCOc1ccc(NC(=O)CC2SC(=Nc3ccc(OC)cc3)N(CC)C2=O)cc1. The van der Waals surface area contributed by atoms with E-state index in [1.165, 1.54) is 11.8 Å². The van der Waals surface area contributed by atoms with E-state index in [-0.39, 0.29) is 18.2 Å². The number of carbonyl (C=O) groups excluding carboxylic acids is 2. The van der Waals surface area contributed by atoms with Crippen LogP contribution in [0.5, 0.6) is 11.5 Å². The van der Waals surface area contributed by atoms with Gasteiger partial charge >= 0.3 is 0 Å². The summed E-state index contributed by atoms with van der Waals surface area (Å²) in [6, 6.07) is 14.5. The van der Waals surface area contributed by atoms with Gasteiger partial charge < -0.3 is 14.8 Å². The van der Waals surface area contributed by atoms with Gasteiger partial charge in [-0.2, -0.15) is 0 Å². The van der Waals surface area contributed by atoms with E-state index in [0.29, 0.717) is 24.0 Å². The molecule has 164 valence electrons. The highest BCUT2D eigenvalue weighted by molar-refractivity contribution is 8.15. The fraction of sp³-hybridized carbons (Fsp3) is 0.348. The number of amides is 2. The molecule has 31 heavy (non-hydrogen) atoms. The summed E-state index contributed by atoms with van der Waals surface area (Å²) in [6.07, 6.45) is 1.01. The second-order valence-corrected chi connectivity index (χ2v) is 8.08. The molecule has 2 aromatic rings. The molecule has 3 rings (SSSR count). The van der Waals surface area contributed by atoms with Gasteiger partial charge in [-0.05, 0) is 61.9 Å². The Hall–Kier alpha value is -3.00. The minimum absolute atomic E-state index is 0.0791. The first kappa shape index (κ1) is 22.7. The monoisotopic (exact) mass is 441 g/mol. The lowest BCUT2D eigenvalue weighted by molar-refractivity contribution is -0.128. The van der Waals surface area contributed by atoms with Gasteiger partial charge in [0.25, 0.3) is 0 Å². The molecule has 1 heterocycles. The highest BCUT2D eigenvalue weighted by Gasteiger charge is 2.38. The first-order valence-electron chi connectivity index (χ1n) is 10.3. The predicted octanol–water partition coefficient (Wildman–Crippen LogP) is 4.46. The summed E-state index contributed by atoms with van der Waals surface area (Å²) in [5.74, 6) is 1.19. The van der Waals surface area contributed by atoms with Crippen molar-refractivity contribution in [1.29, 1.82) is 0 Å². The molecule has 8 heteroatoms. The number of benzene rings is 2. The number of amidine groups is 1. The lowest BCUT2D eigenvalue weighted by Crippen LogP contribution is -2.33. The highest BCUT2D eigenvalue weighted by atomic mass is 32.2. The van der Waals surface area contributed by atoms with E-state index in [1.807, 2.05) is 50.2 Å². The third-order valence-electron chi connectivity index (χ3n) is 4.62. The summed E-state index contributed by atoms with van der Waals surface area (Å²) < 4.78 is 10.7. The van der Waals surface area contributed by atoms with Crippen molar-refractivity contribution < 1.29 is 19.1 Å². The van der Waals surface area contributed by atoms with Gasteiger partial charge in [-0.1, -0.05) is 18.7 Å². The molecule has 7 nitrogen and oxygen atoms in total. The number of methoxy groups -OCH3 is 1. The standard InChI is InChI=1S/C23H27N3O4S/c1-4-14-30-19-12-8-16(9-13-19)24-21(27)15-20-22(28)26(5-2)23(31-20)25-17-6-10-18(29-3)11-7-17/h6-13,20H,4-5,14-15H2,1-3H3,(H,24,27). The average molecular weight is 442 g/mol. The average Bonchev–Trinajstić information content (AvgIpc) is 3.07. The van der Waals surface area contributed by atoms with E-state index >= 15 is 0 Å². The number of hydrogen-bond donors (Lipinski definition) is 1. The number of ether oxygens (including phenoxy) is 2. The number of aliphatic imine (C=N–C) groups is 1. The number of rotatable bonds is 9. The molecule has 1 N–H and O–H groups in total. The number of thioether (sulfide) groups is 1. The molecule has 0 bridgehead atoms. The van der Waals surface area contributed by atoms with Crippen molar-refractivity contribution in [2.24, 2.45) is 4.99 Å². The first-order valence-corrected chi connectivity index (χ1v) is 11.2. The van der Waals surface area contributed by atoms with Gasteiger partial charge in [0.1, 0.15) is 16.7 Å². The van der Waals surface area contributed by atoms with Crippen molar-refractivity contribution in [1.82, 2.24) is 4.90 Å². The molecule has 1 saturated heterocycles.